The fraction of sp³-hybridized carbons (Fsp3) is 0.118. The van der Waals surface area contributed by atoms with Crippen LogP contribution in [-0.4, -0.2) is 19.6 Å². The molecule has 2 nitrogen and oxygen atoms in total. The van der Waals surface area contributed by atoms with Gasteiger partial charge in [-0.1, -0.05) is 35.0 Å². The molecule has 0 aliphatic heterocycles. The minimum Gasteiger partial charge on any atom is -0.506 e. The standard InChI is InChI=1S/C17H14ClNOSi/c1-10-5-3-7-14(11(10)2)21-15-9-13(18)12-6-4-8-19-16(12)17(15)20/h3-9,20H,1-2H3. The van der Waals surface area contributed by atoms with Gasteiger partial charge in [0.25, 0.3) is 0 Å². The highest BCUT2D eigenvalue weighted by molar-refractivity contribution is 6.69. The molecule has 0 saturated heterocycles. The molecule has 2 radical (unpaired) electrons. The molecule has 0 bridgehead atoms. The van der Waals surface area contributed by atoms with Crippen molar-refractivity contribution in [1.29, 1.82) is 0 Å². The summed E-state index contributed by atoms with van der Waals surface area (Å²) < 4.78 is 0. The zero-order valence-electron chi connectivity index (χ0n) is 11.8. The van der Waals surface area contributed by atoms with Gasteiger partial charge in [-0.15, -0.1) is 0 Å². The maximum Gasteiger partial charge on any atom is 0.141 e. The summed E-state index contributed by atoms with van der Waals surface area (Å²) in [4.78, 5) is 4.25. The van der Waals surface area contributed by atoms with Crippen LogP contribution in [0.25, 0.3) is 10.9 Å². The Labute approximate surface area is 131 Å². The van der Waals surface area contributed by atoms with E-state index in [2.05, 4.69) is 31.0 Å². The van der Waals surface area contributed by atoms with Crippen molar-refractivity contribution in [1.82, 2.24) is 4.98 Å². The molecule has 1 N–H and O–H groups in total. The topological polar surface area (TPSA) is 33.1 Å². The zero-order valence-corrected chi connectivity index (χ0v) is 13.6. The maximum absolute atomic E-state index is 10.5. The van der Waals surface area contributed by atoms with E-state index in [9.17, 15) is 5.11 Å². The van der Waals surface area contributed by atoms with Crippen LogP contribution in [0.3, 0.4) is 0 Å². The fourth-order valence-electron chi connectivity index (χ4n) is 2.31. The Kier molecular flexibility index (Phi) is 3.70. The second kappa shape index (κ2) is 5.51. The molecule has 1 heterocycles. The van der Waals surface area contributed by atoms with Crippen LogP contribution < -0.4 is 10.4 Å². The lowest BCUT2D eigenvalue weighted by atomic mass is 10.1. The van der Waals surface area contributed by atoms with E-state index in [1.807, 2.05) is 24.3 Å². The normalized spacial score (nSPS) is 11.0. The van der Waals surface area contributed by atoms with Crippen molar-refractivity contribution in [3.05, 3.63) is 58.7 Å². The van der Waals surface area contributed by atoms with E-state index in [0.717, 1.165) is 10.6 Å². The van der Waals surface area contributed by atoms with Gasteiger partial charge in [-0.05, 0) is 48.4 Å². The van der Waals surface area contributed by atoms with Gasteiger partial charge in [-0.3, -0.25) is 4.98 Å². The Hall–Kier alpha value is -1.84. The predicted octanol–water partition coefficient (Wildman–Crippen LogP) is 2.87. The summed E-state index contributed by atoms with van der Waals surface area (Å²) in [5.74, 6) is 0.231. The molecular weight excluding hydrogens is 298 g/mol. The molecule has 0 atom stereocenters. The first-order valence-electron chi connectivity index (χ1n) is 6.67. The number of aromatic hydroxyl groups is 1. The second-order valence-corrected chi connectivity index (χ2v) is 6.76. The van der Waals surface area contributed by atoms with E-state index >= 15 is 0 Å². The lowest BCUT2D eigenvalue weighted by Gasteiger charge is -2.11. The van der Waals surface area contributed by atoms with Gasteiger partial charge in [0.05, 0.1) is 5.02 Å². The van der Waals surface area contributed by atoms with Gasteiger partial charge in [-0.25, -0.2) is 0 Å². The number of halogens is 1. The summed E-state index contributed by atoms with van der Waals surface area (Å²) in [5.41, 5.74) is 3.08. The smallest absolute Gasteiger partial charge is 0.141 e. The quantitative estimate of drug-likeness (QED) is 0.738. The Morgan fingerprint density at radius 1 is 1.10 bits per heavy atom. The SMILES string of the molecule is Cc1cccc([Si]c2cc(Cl)c3cccnc3c2O)c1C. The van der Waals surface area contributed by atoms with Crippen molar-refractivity contribution < 1.29 is 5.11 Å². The third kappa shape index (κ3) is 2.54. The van der Waals surface area contributed by atoms with E-state index in [0.29, 0.717) is 20.1 Å². The van der Waals surface area contributed by atoms with Crippen molar-refractivity contribution in [2.75, 3.05) is 0 Å². The summed E-state index contributed by atoms with van der Waals surface area (Å²) in [5, 5.41) is 13.9. The van der Waals surface area contributed by atoms with Crippen LogP contribution >= 0.6 is 11.6 Å². The number of hydrogen-bond acceptors (Lipinski definition) is 2. The van der Waals surface area contributed by atoms with E-state index in [-0.39, 0.29) is 5.75 Å². The van der Waals surface area contributed by atoms with Gasteiger partial charge in [0, 0.05) is 11.6 Å². The van der Waals surface area contributed by atoms with Crippen LogP contribution in [0.2, 0.25) is 5.02 Å². The van der Waals surface area contributed by atoms with Crippen LogP contribution in [0, 0.1) is 13.8 Å². The second-order valence-electron chi connectivity index (χ2n) is 5.03. The molecule has 3 aromatic rings. The molecule has 0 saturated carbocycles. The monoisotopic (exact) mass is 311 g/mol. The van der Waals surface area contributed by atoms with Crippen LogP contribution in [0.15, 0.2) is 42.6 Å². The third-order valence-electron chi connectivity index (χ3n) is 3.69. The maximum atomic E-state index is 10.5. The number of phenolic OH excluding ortho intramolecular Hbond substituents is 1. The number of fused-ring (bicyclic) bond motifs is 1. The first kappa shape index (κ1) is 14.1. The fourth-order valence-corrected chi connectivity index (χ4v) is 3.97. The molecule has 0 spiro atoms. The van der Waals surface area contributed by atoms with Gasteiger partial charge in [0.2, 0.25) is 0 Å². The first-order chi connectivity index (χ1) is 10.1. The molecule has 4 heteroatoms. The molecular formula is C17H14ClNOSi. The van der Waals surface area contributed by atoms with Crippen LogP contribution in [0.4, 0.5) is 0 Å². The summed E-state index contributed by atoms with van der Waals surface area (Å²) in [6, 6.07) is 11.8. The number of aromatic nitrogens is 1. The summed E-state index contributed by atoms with van der Waals surface area (Å²) >= 11 is 6.32. The van der Waals surface area contributed by atoms with Gasteiger partial charge < -0.3 is 5.11 Å². The van der Waals surface area contributed by atoms with E-state index < -0.39 is 0 Å². The zero-order chi connectivity index (χ0) is 15.0. The molecule has 0 amide bonds. The molecule has 104 valence electrons. The van der Waals surface area contributed by atoms with Crippen molar-refractivity contribution >= 4 is 42.4 Å². The Bertz CT molecular complexity index is 832. The van der Waals surface area contributed by atoms with Crippen LogP contribution in [0.1, 0.15) is 11.1 Å². The largest absolute Gasteiger partial charge is 0.506 e. The molecule has 0 aliphatic carbocycles. The molecule has 0 aliphatic rings. The van der Waals surface area contributed by atoms with Gasteiger partial charge in [-0.2, -0.15) is 0 Å². The average Bonchev–Trinajstić information content (AvgIpc) is 2.49. The lowest BCUT2D eigenvalue weighted by molar-refractivity contribution is 0.484. The number of hydrogen-bond donors (Lipinski definition) is 1. The summed E-state index contributed by atoms with van der Waals surface area (Å²) in [6.45, 7) is 4.20. The molecule has 0 unspecified atom stereocenters. The van der Waals surface area contributed by atoms with Crippen molar-refractivity contribution in [3.8, 4) is 5.75 Å². The van der Waals surface area contributed by atoms with E-state index in [1.54, 1.807) is 6.20 Å². The molecule has 3 rings (SSSR count). The Morgan fingerprint density at radius 2 is 1.90 bits per heavy atom. The molecule has 2 aromatic carbocycles. The lowest BCUT2D eigenvalue weighted by Crippen LogP contribution is -2.30. The van der Waals surface area contributed by atoms with Crippen molar-refractivity contribution in [2.45, 2.75) is 13.8 Å². The third-order valence-corrected chi connectivity index (χ3v) is 5.46. The number of benzene rings is 2. The minimum atomic E-state index is 0.231. The van der Waals surface area contributed by atoms with Gasteiger partial charge >= 0.3 is 0 Å². The molecule has 0 fully saturated rings. The number of phenols is 1. The van der Waals surface area contributed by atoms with Gasteiger partial charge in [0.15, 0.2) is 0 Å². The summed E-state index contributed by atoms with van der Waals surface area (Å²) in [7, 11) is 0.356. The predicted molar refractivity (Wildman–Crippen MR) is 89.4 cm³/mol. The minimum absolute atomic E-state index is 0.231. The highest BCUT2D eigenvalue weighted by atomic mass is 35.5. The van der Waals surface area contributed by atoms with Crippen LogP contribution in [-0.2, 0) is 0 Å². The highest BCUT2D eigenvalue weighted by Crippen LogP contribution is 2.27. The number of pyridine rings is 1. The van der Waals surface area contributed by atoms with Crippen LogP contribution in [0.5, 0.6) is 5.75 Å². The average molecular weight is 312 g/mol. The number of nitrogens with zero attached hydrogens (tertiary/aromatic N) is 1. The molecule has 1 aromatic heterocycles. The number of rotatable bonds is 2. The van der Waals surface area contributed by atoms with Crippen molar-refractivity contribution in [2.24, 2.45) is 0 Å². The van der Waals surface area contributed by atoms with E-state index in [4.69, 9.17) is 11.6 Å². The Balaban J connectivity index is 2.13. The number of aryl methyl sites for hydroxylation is 1. The highest BCUT2D eigenvalue weighted by Gasteiger charge is 2.13. The first-order valence-corrected chi connectivity index (χ1v) is 8.05. The van der Waals surface area contributed by atoms with E-state index in [1.165, 1.54) is 16.3 Å². The molecule has 21 heavy (non-hydrogen) atoms. The Morgan fingerprint density at radius 3 is 2.71 bits per heavy atom. The summed E-state index contributed by atoms with van der Waals surface area (Å²) in [6.07, 6.45) is 1.67. The van der Waals surface area contributed by atoms with Gasteiger partial charge in [0.1, 0.15) is 20.8 Å². The van der Waals surface area contributed by atoms with Crippen molar-refractivity contribution in [3.63, 3.8) is 0 Å².